The molecule has 0 unspecified atom stereocenters. The molecule has 18 aromatic rings. The summed E-state index contributed by atoms with van der Waals surface area (Å²) in [5, 5.41) is 4.49. The summed E-state index contributed by atoms with van der Waals surface area (Å²) in [6.07, 6.45) is 0. The van der Waals surface area contributed by atoms with Crippen molar-refractivity contribution in [2.75, 3.05) is 0 Å². The van der Waals surface area contributed by atoms with Gasteiger partial charge in [-0.15, -0.1) is 11.3 Å². The van der Waals surface area contributed by atoms with Crippen LogP contribution in [0.4, 0.5) is 0 Å². The normalized spacial score (nSPS) is 13.0. The van der Waals surface area contributed by atoms with Crippen LogP contribution in [0.25, 0.3) is 177 Å². The summed E-state index contributed by atoms with van der Waals surface area (Å²) >= 11 is 1.85. The minimum Gasteiger partial charge on any atom is -0.455 e. The molecule has 0 spiro atoms. The summed E-state index contributed by atoms with van der Waals surface area (Å²) in [6, 6.07) is 121. The molecule has 2 aliphatic carbocycles. The Morgan fingerprint density at radius 3 is 1.08 bits per heavy atom. The van der Waals surface area contributed by atoms with Crippen LogP contribution in [-0.4, -0.2) is 19.9 Å². The molecule has 4 heterocycles. The molecule has 20 rings (SSSR count). The Hall–Kier alpha value is -12.7. The van der Waals surface area contributed by atoms with Crippen LogP contribution in [0.1, 0.15) is 49.9 Å². The minimum atomic E-state index is -0.0390. The van der Waals surface area contributed by atoms with Crippen LogP contribution >= 0.6 is 11.3 Å². The van der Waals surface area contributed by atoms with Gasteiger partial charge in [0, 0.05) is 80.7 Å². The van der Waals surface area contributed by atoms with Crippen molar-refractivity contribution in [3.8, 4) is 135 Å². The molecule has 0 saturated heterocycles. The number of para-hydroxylation sites is 1. The Morgan fingerprint density at radius 2 is 0.596 bits per heavy atom. The van der Waals surface area contributed by atoms with Crippen LogP contribution in [0.2, 0.25) is 0 Å². The lowest BCUT2D eigenvalue weighted by Crippen LogP contribution is -2.14. The van der Waals surface area contributed by atoms with E-state index in [4.69, 9.17) is 24.4 Å². The van der Waals surface area contributed by atoms with Crippen molar-refractivity contribution in [2.45, 2.75) is 38.5 Å². The molecule has 0 amide bonds. The lowest BCUT2D eigenvalue weighted by Gasteiger charge is -2.22. The molecule has 2 aliphatic rings. The van der Waals surface area contributed by atoms with Crippen LogP contribution in [0.15, 0.2) is 344 Å². The van der Waals surface area contributed by atoms with E-state index >= 15 is 0 Å². The summed E-state index contributed by atoms with van der Waals surface area (Å²) in [7, 11) is 0. The predicted molar refractivity (Wildman–Crippen MR) is 434 cm³/mol. The van der Waals surface area contributed by atoms with Gasteiger partial charge in [-0.1, -0.05) is 313 Å². The minimum absolute atomic E-state index is 0.0252. The van der Waals surface area contributed by atoms with Crippen molar-refractivity contribution in [3.05, 3.63) is 362 Å². The first-order valence-corrected chi connectivity index (χ1v) is 36.5. The van der Waals surface area contributed by atoms with Gasteiger partial charge in [0.05, 0.1) is 22.8 Å². The Bertz CT molecular complexity index is 5870. The van der Waals surface area contributed by atoms with Crippen LogP contribution in [0.3, 0.4) is 0 Å². The lowest BCUT2D eigenvalue weighted by molar-refractivity contribution is 0.660. The van der Waals surface area contributed by atoms with Gasteiger partial charge in [-0.05, 0) is 138 Å². The van der Waals surface area contributed by atoms with E-state index in [1.165, 1.54) is 98.1 Å². The highest BCUT2D eigenvalue weighted by molar-refractivity contribution is 7.26. The average Bonchev–Trinajstić information content (AvgIpc) is 1.59. The first-order chi connectivity index (χ1) is 51.1. The zero-order valence-electron chi connectivity index (χ0n) is 57.9. The van der Waals surface area contributed by atoms with Crippen molar-refractivity contribution < 1.29 is 4.42 Å². The molecule has 14 aromatic carbocycles. The summed E-state index contributed by atoms with van der Waals surface area (Å²) < 4.78 is 9.20. The van der Waals surface area contributed by atoms with Gasteiger partial charge in [-0.3, -0.25) is 0 Å². The van der Waals surface area contributed by atoms with E-state index in [1.807, 2.05) is 72.0 Å². The number of hydrogen-bond donors (Lipinski definition) is 0. The van der Waals surface area contributed by atoms with E-state index in [0.717, 1.165) is 95.0 Å². The Morgan fingerprint density at radius 1 is 0.250 bits per heavy atom. The summed E-state index contributed by atoms with van der Waals surface area (Å²) in [5.74, 6) is 1.40. The van der Waals surface area contributed by atoms with E-state index in [-0.39, 0.29) is 10.8 Å². The first kappa shape index (κ1) is 62.3. The smallest absolute Gasteiger partial charge is 0.161 e. The van der Waals surface area contributed by atoms with Gasteiger partial charge in [0.25, 0.3) is 0 Å². The molecule has 0 N–H and O–H groups in total. The molecule has 492 valence electrons. The molecule has 5 nitrogen and oxygen atoms in total. The maximum absolute atomic E-state index is 6.69. The predicted octanol–water partition coefficient (Wildman–Crippen LogP) is 26.5. The van der Waals surface area contributed by atoms with Gasteiger partial charge < -0.3 is 4.42 Å². The van der Waals surface area contributed by atoms with Crippen LogP contribution < -0.4 is 0 Å². The van der Waals surface area contributed by atoms with Gasteiger partial charge in [0.1, 0.15) is 11.2 Å². The fourth-order valence-electron chi connectivity index (χ4n) is 16.1. The van der Waals surface area contributed by atoms with Crippen molar-refractivity contribution in [3.63, 3.8) is 0 Å². The Balaban J connectivity index is 0.000000143. The van der Waals surface area contributed by atoms with Crippen molar-refractivity contribution in [2.24, 2.45) is 0 Å². The van der Waals surface area contributed by atoms with E-state index in [2.05, 4.69) is 307 Å². The fraction of sp³-hybridized carbons (Fsp3) is 0.0612. The van der Waals surface area contributed by atoms with Gasteiger partial charge in [0.15, 0.2) is 11.6 Å². The molecule has 0 aliphatic heterocycles. The zero-order chi connectivity index (χ0) is 69.6. The molecule has 0 bridgehead atoms. The number of nitrogens with zero attached hydrogens (tertiary/aromatic N) is 4. The second kappa shape index (κ2) is 25.1. The second-order valence-electron chi connectivity index (χ2n) is 28.3. The summed E-state index contributed by atoms with van der Waals surface area (Å²) in [5.41, 5.74) is 31.8. The highest BCUT2D eigenvalue weighted by atomic mass is 32.1. The molecule has 6 heteroatoms. The number of furan rings is 1. The second-order valence-corrected chi connectivity index (χ2v) is 29.4. The molecule has 0 radical (unpaired) electrons. The van der Waals surface area contributed by atoms with Crippen molar-refractivity contribution in [1.29, 1.82) is 0 Å². The number of fused-ring (bicyclic) bond motifs is 12. The van der Waals surface area contributed by atoms with Gasteiger partial charge in [-0.25, -0.2) is 19.9 Å². The zero-order valence-corrected chi connectivity index (χ0v) is 58.8. The van der Waals surface area contributed by atoms with Crippen LogP contribution in [0.5, 0.6) is 0 Å². The molecule has 0 saturated carbocycles. The SMILES string of the molecule is CC1(C)c2ccccc2-c2ccc(-c3ccc(-c4ccc(-c5nc(-c6ccccc6)cc(-c6ccccc6)n5)c5c4oc4ccccc45)cc3)cc21.CC1(C)c2ccccc2-c2ccc(-c3ccc(-c4ccc(-c5nc(-c6ccccc6)cc(-c6ccccc6)n5)c5c4sc4ccccc45)cc3)cc21. The standard InChI is InChI=1S/C49H34N2O.C49H34N2S/c2*1-49(2)41-19-11-9-17-37(41)38-26-25-35(29-42(38)49)31-21-23-32(24-22-31)36-27-28-40(46-39-18-10-12-20-45(39)52-47(36)46)48-50-43(33-13-5-3-6-14-33)30-44(51-48)34-15-7-4-8-16-34/h2*3-30H,1-2H3. The number of rotatable bonds is 10. The number of hydrogen-bond acceptors (Lipinski definition) is 6. The molecule has 0 atom stereocenters. The number of aromatic nitrogens is 4. The van der Waals surface area contributed by atoms with Crippen LogP contribution in [-0.2, 0) is 10.8 Å². The third kappa shape index (κ3) is 10.7. The molecular formula is C98H68N4OS. The number of thiophene rings is 1. The summed E-state index contributed by atoms with van der Waals surface area (Å²) in [6.45, 7) is 9.35. The molecule has 104 heavy (non-hydrogen) atoms. The van der Waals surface area contributed by atoms with E-state index in [9.17, 15) is 0 Å². The topological polar surface area (TPSA) is 64.7 Å². The maximum Gasteiger partial charge on any atom is 0.161 e. The van der Waals surface area contributed by atoms with Crippen LogP contribution in [0, 0.1) is 0 Å². The van der Waals surface area contributed by atoms with Gasteiger partial charge in [0.2, 0.25) is 0 Å². The average molecular weight is 1350 g/mol. The van der Waals surface area contributed by atoms with Gasteiger partial charge in [-0.2, -0.15) is 0 Å². The number of benzene rings is 14. The third-order valence-electron chi connectivity index (χ3n) is 21.5. The third-order valence-corrected chi connectivity index (χ3v) is 22.7. The first-order valence-electron chi connectivity index (χ1n) is 35.7. The summed E-state index contributed by atoms with van der Waals surface area (Å²) in [4.78, 5) is 20.8. The monoisotopic (exact) mass is 1350 g/mol. The van der Waals surface area contributed by atoms with Crippen molar-refractivity contribution >= 4 is 53.4 Å². The Labute approximate surface area is 608 Å². The highest BCUT2D eigenvalue weighted by Gasteiger charge is 2.37. The fourth-order valence-corrected chi connectivity index (χ4v) is 17.4. The van der Waals surface area contributed by atoms with Crippen molar-refractivity contribution in [1.82, 2.24) is 19.9 Å². The molecule has 0 fully saturated rings. The van der Waals surface area contributed by atoms with Gasteiger partial charge >= 0.3 is 0 Å². The molecule has 4 aromatic heterocycles. The highest BCUT2D eigenvalue weighted by Crippen LogP contribution is 2.53. The lowest BCUT2D eigenvalue weighted by atomic mass is 9.81. The van der Waals surface area contributed by atoms with E-state index in [1.54, 1.807) is 0 Å². The maximum atomic E-state index is 6.69. The largest absolute Gasteiger partial charge is 0.455 e. The van der Waals surface area contributed by atoms with E-state index < -0.39 is 0 Å². The quantitative estimate of drug-likeness (QED) is 0.137. The molecular weight excluding hydrogens is 1280 g/mol. The Kier molecular flexibility index (Phi) is 15.0. The van der Waals surface area contributed by atoms with E-state index in [0.29, 0.717) is 5.82 Å².